The van der Waals surface area contributed by atoms with Gasteiger partial charge in [-0.05, 0) is 78.1 Å². The molecule has 1 saturated heterocycles. The van der Waals surface area contributed by atoms with Crippen LogP contribution in [0.5, 0.6) is 0 Å². The lowest BCUT2D eigenvalue weighted by Gasteiger charge is -2.55. The van der Waals surface area contributed by atoms with Gasteiger partial charge in [0.15, 0.2) is 0 Å². The molecule has 2 aromatic rings. The number of piperidine rings is 1. The van der Waals surface area contributed by atoms with Gasteiger partial charge in [-0.25, -0.2) is 4.79 Å². The number of aliphatic hydroxyl groups excluding tert-OH is 1. The molecule has 0 saturated carbocycles. The zero-order valence-corrected chi connectivity index (χ0v) is 34.6. The van der Waals surface area contributed by atoms with Crippen molar-refractivity contribution in [2.24, 2.45) is 0 Å². The number of rotatable bonds is 24. The van der Waals surface area contributed by atoms with Crippen LogP contribution >= 0.6 is 7.26 Å². The lowest BCUT2D eigenvalue weighted by molar-refractivity contribution is -0.956. The summed E-state index contributed by atoms with van der Waals surface area (Å²) in [6, 6.07) is 22.7. The molecule has 2 atom stereocenters. The van der Waals surface area contributed by atoms with Crippen LogP contribution in [0, 0.1) is 0 Å². The maximum absolute atomic E-state index is 12.4. The van der Waals surface area contributed by atoms with E-state index in [1.807, 2.05) is 0 Å². The Kier molecular flexibility index (Phi) is 17.9. The Bertz CT molecular complexity index is 1240. The summed E-state index contributed by atoms with van der Waals surface area (Å²) in [6.07, 6.45) is 17.9. The van der Waals surface area contributed by atoms with Gasteiger partial charge < -0.3 is 19.6 Å². The van der Waals surface area contributed by atoms with Gasteiger partial charge in [-0.1, -0.05) is 101 Å². The van der Waals surface area contributed by atoms with Crippen LogP contribution in [0.15, 0.2) is 72.8 Å². The Morgan fingerprint density at radius 3 is 1.75 bits per heavy atom. The zero-order chi connectivity index (χ0) is 37.4. The topological polar surface area (TPSA) is 58.6 Å². The summed E-state index contributed by atoms with van der Waals surface area (Å²) in [5.41, 5.74) is 0.365. The van der Waals surface area contributed by atoms with E-state index in [0.29, 0.717) is 18.2 Å². The third-order valence-electron chi connectivity index (χ3n) is 11.3. The van der Waals surface area contributed by atoms with Crippen LogP contribution in [-0.2, 0) is 9.53 Å². The first-order valence-electron chi connectivity index (χ1n) is 20.3. The SMILES string of the molecule is C=C(C)C(=O)OCC(O)C[N+](CCCCCCCCCCCC)(CCCC[P+](C)(c1ccccc1)c1ccccc1)C1CC(C)(C)NC(C)(C)C1. The molecule has 5 nitrogen and oxygen atoms in total. The second-order valence-electron chi connectivity index (χ2n) is 17.3. The molecule has 1 aliphatic heterocycles. The number of quaternary nitrogens is 1. The first kappa shape index (κ1) is 43.4. The van der Waals surface area contributed by atoms with E-state index in [1.165, 1.54) is 74.6 Å². The number of ether oxygens (including phenoxy) is 1. The molecule has 6 heteroatoms. The van der Waals surface area contributed by atoms with Crippen molar-refractivity contribution in [2.75, 3.05) is 39.1 Å². The van der Waals surface area contributed by atoms with Crippen molar-refractivity contribution < 1.29 is 19.1 Å². The lowest BCUT2D eigenvalue weighted by Crippen LogP contribution is -2.69. The highest BCUT2D eigenvalue weighted by atomic mass is 31.2. The van der Waals surface area contributed by atoms with Crippen molar-refractivity contribution in [2.45, 2.75) is 155 Å². The van der Waals surface area contributed by atoms with E-state index in [1.54, 1.807) is 6.92 Å². The van der Waals surface area contributed by atoms with E-state index in [0.717, 1.165) is 49.7 Å². The third kappa shape index (κ3) is 14.4. The van der Waals surface area contributed by atoms with Crippen LogP contribution in [-0.4, -0.2) is 77.9 Å². The van der Waals surface area contributed by atoms with Crippen LogP contribution in [0.2, 0.25) is 0 Å². The van der Waals surface area contributed by atoms with E-state index >= 15 is 0 Å². The van der Waals surface area contributed by atoms with Gasteiger partial charge in [0, 0.05) is 35.9 Å². The van der Waals surface area contributed by atoms with Gasteiger partial charge in [0.2, 0.25) is 0 Å². The number of nitrogens with zero attached hydrogens (tertiary/aromatic N) is 1. The molecule has 1 aliphatic rings. The van der Waals surface area contributed by atoms with Gasteiger partial charge in [-0.15, -0.1) is 0 Å². The van der Waals surface area contributed by atoms with Crippen LogP contribution in [0.4, 0.5) is 0 Å². The molecule has 0 aliphatic carbocycles. The average Bonchev–Trinajstić information content (AvgIpc) is 3.09. The number of nitrogens with one attached hydrogen (secondary N) is 1. The predicted octanol–water partition coefficient (Wildman–Crippen LogP) is 9.59. The molecule has 2 N–H and O–H groups in total. The van der Waals surface area contributed by atoms with Crippen molar-refractivity contribution >= 4 is 23.8 Å². The van der Waals surface area contributed by atoms with Crippen LogP contribution in [0.1, 0.15) is 131 Å². The zero-order valence-electron chi connectivity index (χ0n) is 33.7. The fraction of sp³-hybridized carbons (Fsp3) is 0.667. The summed E-state index contributed by atoms with van der Waals surface area (Å²) in [4.78, 5) is 12.4. The smallest absolute Gasteiger partial charge is 0.333 e. The number of esters is 1. The summed E-state index contributed by atoms with van der Waals surface area (Å²) in [6.45, 7) is 22.3. The molecule has 286 valence electrons. The summed E-state index contributed by atoms with van der Waals surface area (Å²) in [5, 5.41) is 18.5. The molecule has 51 heavy (non-hydrogen) atoms. The van der Waals surface area contributed by atoms with E-state index in [9.17, 15) is 9.90 Å². The summed E-state index contributed by atoms with van der Waals surface area (Å²) in [5.74, 6) is -0.420. The molecule has 0 bridgehead atoms. The number of unbranched alkanes of at least 4 members (excludes halogenated alkanes) is 10. The fourth-order valence-corrected chi connectivity index (χ4v) is 12.3. The molecule has 0 spiro atoms. The van der Waals surface area contributed by atoms with E-state index in [4.69, 9.17) is 4.74 Å². The molecule has 0 aromatic heterocycles. The monoisotopic (exact) mass is 723 g/mol. The van der Waals surface area contributed by atoms with Crippen molar-refractivity contribution in [3.05, 3.63) is 72.8 Å². The third-order valence-corrected chi connectivity index (χ3v) is 15.4. The molecule has 2 aromatic carbocycles. The van der Waals surface area contributed by atoms with Crippen molar-refractivity contribution in [1.82, 2.24) is 5.32 Å². The van der Waals surface area contributed by atoms with Crippen LogP contribution in [0.25, 0.3) is 0 Å². The Balaban J connectivity index is 1.83. The highest BCUT2D eigenvalue weighted by Crippen LogP contribution is 2.53. The number of hydrogen-bond acceptors (Lipinski definition) is 4. The molecule has 3 rings (SSSR count). The molecular weight excluding hydrogens is 647 g/mol. The Morgan fingerprint density at radius 2 is 1.27 bits per heavy atom. The Morgan fingerprint density at radius 1 is 0.824 bits per heavy atom. The second kappa shape index (κ2) is 21.0. The van der Waals surface area contributed by atoms with E-state index in [2.05, 4.69) is 114 Å². The minimum atomic E-state index is -1.57. The maximum Gasteiger partial charge on any atom is 0.333 e. The van der Waals surface area contributed by atoms with Crippen LogP contribution < -0.4 is 15.9 Å². The molecule has 0 amide bonds. The molecular formula is C45H75N2O3P+2. The lowest BCUT2D eigenvalue weighted by atomic mass is 9.77. The summed E-state index contributed by atoms with van der Waals surface area (Å²) < 4.78 is 6.44. The second-order valence-corrected chi connectivity index (χ2v) is 21.2. The van der Waals surface area contributed by atoms with Crippen molar-refractivity contribution in [3.8, 4) is 0 Å². The van der Waals surface area contributed by atoms with E-state index in [-0.39, 0.29) is 17.7 Å². The Hall–Kier alpha value is -2.04. The largest absolute Gasteiger partial charge is 0.459 e. The standard InChI is InChI=1S/C45H75N2O3P/c1-9-10-11-12-13-14-15-16-17-24-31-47(36-40(48)37-50-43(49)38(2)3,39-34-44(4,5)46-45(6,7)35-39)32-25-26-33-51(8,41-27-20-18-21-28-41)42-29-22-19-23-30-42/h18-23,27-30,39-40,46,48H,2,9-17,24-26,31-37H2,1,3-8H3/q+2. The maximum atomic E-state index is 12.4. The molecule has 0 radical (unpaired) electrons. The number of hydrogen-bond donors (Lipinski definition) is 2. The van der Waals surface area contributed by atoms with Gasteiger partial charge >= 0.3 is 5.97 Å². The minimum Gasteiger partial charge on any atom is -0.459 e. The van der Waals surface area contributed by atoms with E-state index < -0.39 is 19.3 Å². The fourth-order valence-electron chi connectivity index (χ4n) is 8.92. The highest BCUT2D eigenvalue weighted by molar-refractivity contribution is 7.88. The van der Waals surface area contributed by atoms with Gasteiger partial charge in [0.05, 0.1) is 49.8 Å². The number of aliphatic hydroxyl groups is 1. The first-order valence-corrected chi connectivity index (χ1v) is 22.8. The number of carbonyl (C=O) groups is 1. The van der Waals surface area contributed by atoms with Gasteiger partial charge in [-0.3, -0.25) is 0 Å². The highest BCUT2D eigenvalue weighted by Gasteiger charge is 2.48. The van der Waals surface area contributed by atoms with Gasteiger partial charge in [0.25, 0.3) is 0 Å². The number of benzene rings is 2. The average molecular weight is 723 g/mol. The number of carbonyl (C=O) groups excluding carboxylic acids is 1. The van der Waals surface area contributed by atoms with Crippen molar-refractivity contribution in [3.63, 3.8) is 0 Å². The quantitative estimate of drug-likeness (QED) is 0.0373. The molecule has 2 unspecified atom stereocenters. The molecule has 1 heterocycles. The van der Waals surface area contributed by atoms with Gasteiger partial charge in [-0.2, -0.15) is 0 Å². The summed E-state index contributed by atoms with van der Waals surface area (Å²) >= 11 is 0. The first-order chi connectivity index (χ1) is 24.2. The Labute approximate surface area is 314 Å². The predicted molar refractivity (Wildman–Crippen MR) is 222 cm³/mol. The summed E-state index contributed by atoms with van der Waals surface area (Å²) in [7, 11) is -1.57. The van der Waals surface area contributed by atoms with Crippen LogP contribution in [0.3, 0.4) is 0 Å². The minimum absolute atomic E-state index is 0.00418. The normalized spacial score (nSPS) is 17.8. The van der Waals surface area contributed by atoms with Crippen molar-refractivity contribution in [1.29, 1.82) is 0 Å². The van der Waals surface area contributed by atoms with Gasteiger partial charge in [0.1, 0.15) is 19.3 Å². The molecule has 1 fully saturated rings.